The predicted octanol–water partition coefficient (Wildman–Crippen LogP) is 1.24. The van der Waals surface area contributed by atoms with Crippen molar-refractivity contribution in [1.29, 1.82) is 0 Å². The van der Waals surface area contributed by atoms with Crippen molar-refractivity contribution < 1.29 is 9.50 Å². The van der Waals surface area contributed by atoms with Crippen molar-refractivity contribution in [3.8, 4) is 0 Å². The molecule has 0 unspecified atom stereocenters. The highest BCUT2D eigenvalue weighted by atomic mass is 19.1. The van der Waals surface area contributed by atoms with Crippen molar-refractivity contribution in [2.24, 2.45) is 5.73 Å². The number of benzene rings is 1. The minimum absolute atomic E-state index is 0.168. The Labute approximate surface area is 101 Å². The zero-order valence-electron chi connectivity index (χ0n) is 9.90. The molecule has 4 heteroatoms. The van der Waals surface area contributed by atoms with Crippen molar-refractivity contribution in [3.63, 3.8) is 0 Å². The molecule has 17 heavy (non-hydrogen) atoms. The Balaban J connectivity index is 2.05. The summed E-state index contributed by atoms with van der Waals surface area (Å²) in [4.78, 5) is 2.24. The SMILES string of the molecule is NCc1cc(CN(CCO)C2CC2)ccc1F. The highest BCUT2D eigenvalue weighted by molar-refractivity contribution is 5.25. The summed E-state index contributed by atoms with van der Waals surface area (Å²) in [7, 11) is 0. The Bertz CT molecular complexity index is 380. The summed E-state index contributed by atoms with van der Waals surface area (Å²) in [5.74, 6) is -0.239. The van der Waals surface area contributed by atoms with Crippen molar-refractivity contribution >= 4 is 0 Å². The van der Waals surface area contributed by atoms with Gasteiger partial charge in [0.1, 0.15) is 5.82 Å². The van der Waals surface area contributed by atoms with Crippen LogP contribution in [0.15, 0.2) is 18.2 Å². The molecule has 1 aliphatic rings. The Kier molecular flexibility index (Phi) is 4.10. The van der Waals surface area contributed by atoms with Gasteiger partial charge < -0.3 is 10.8 Å². The van der Waals surface area contributed by atoms with Gasteiger partial charge in [-0.2, -0.15) is 0 Å². The topological polar surface area (TPSA) is 49.5 Å². The summed E-state index contributed by atoms with van der Waals surface area (Å²) in [6.07, 6.45) is 2.40. The fraction of sp³-hybridized carbons (Fsp3) is 0.538. The van der Waals surface area contributed by atoms with E-state index in [1.165, 1.54) is 18.9 Å². The molecule has 1 aliphatic carbocycles. The largest absolute Gasteiger partial charge is 0.395 e. The number of nitrogens with zero attached hydrogens (tertiary/aromatic N) is 1. The lowest BCUT2D eigenvalue weighted by atomic mass is 10.1. The normalized spacial score (nSPS) is 15.5. The Hall–Kier alpha value is -0.970. The van der Waals surface area contributed by atoms with E-state index in [9.17, 15) is 4.39 Å². The highest BCUT2D eigenvalue weighted by Crippen LogP contribution is 2.28. The van der Waals surface area contributed by atoms with E-state index >= 15 is 0 Å². The number of aliphatic hydroxyl groups is 1. The number of aliphatic hydroxyl groups excluding tert-OH is 1. The van der Waals surface area contributed by atoms with E-state index in [1.807, 2.05) is 6.07 Å². The van der Waals surface area contributed by atoms with Gasteiger partial charge in [-0.1, -0.05) is 12.1 Å². The molecule has 1 fully saturated rings. The third-order valence-electron chi connectivity index (χ3n) is 3.17. The second kappa shape index (κ2) is 5.58. The molecule has 3 N–H and O–H groups in total. The number of nitrogens with two attached hydrogens (primary N) is 1. The Morgan fingerprint density at radius 1 is 1.41 bits per heavy atom. The van der Waals surface area contributed by atoms with Gasteiger partial charge in [0, 0.05) is 31.2 Å². The maximum absolute atomic E-state index is 13.3. The maximum Gasteiger partial charge on any atom is 0.127 e. The molecule has 0 heterocycles. The third kappa shape index (κ3) is 3.25. The lowest BCUT2D eigenvalue weighted by Gasteiger charge is -2.21. The van der Waals surface area contributed by atoms with Gasteiger partial charge in [0.25, 0.3) is 0 Å². The van der Waals surface area contributed by atoms with E-state index in [4.69, 9.17) is 10.8 Å². The van der Waals surface area contributed by atoms with Crippen LogP contribution in [0.25, 0.3) is 0 Å². The smallest absolute Gasteiger partial charge is 0.127 e. The molecule has 2 rings (SSSR count). The summed E-state index contributed by atoms with van der Waals surface area (Å²) in [6.45, 7) is 1.84. The minimum Gasteiger partial charge on any atom is -0.395 e. The van der Waals surface area contributed by atoms with E-state index in [0.717, 1.165) is 12.1 Å². The molecule has 1 saturated carbocycles. The van der Waals surface area contributed by atoms with Crippen LogP contribution in [0, 0.1) is 5.82 Å². The first kappa shape index (κ1) is 12.5. The zero-order valence-corrected chi connectivity index (χ0v) is 9.90. The van der Waals surface area contributed by atoms with Crippen molar-refractivity contribution in [2.45, 2.75) is 32.0 Å². The lowest BCUT2D eigenvalue weighted by Crippen LogP contribution is -2.28. The highest BCUT2D eigenvalue weighted by Gasteiger charge is 2.28. The molecule has 0 amide bonds. The zero-order chi connectivity index (χ0) is 12.3. The molecule has 94 valence electrons. The van der Waals surface area contributed by atoms with Crippen LogP contribution in [0.1, 0.15) is 24.0 Å². The molecule has 0 aromatic heterocycles. The van der Waals surface area contributed by atoms with E-state index in [-0.39, 0.29) is 19.0 Å². The average Bonchev–Trinajstić information content (AvgIpc) is 3.15. The Morgan fingerprint density at radius 3 is 2.76 bits per heavy atom. The quantitative estimate of drug-likeness (QED) is 0.784. The summed E-state index contributed by atoms with van der Waals surface area (Å²) in [5, 5.41) is 9.01. The number of halogens is 1. The molecule has 0 aliphatic heterocycles. The first-order valence-electron chi connectivity index (χ1n) is 6.07. The van der Waals surface area contributed by atoms with Gasteiger partial charge >= 0.3 is 0 Å². The van der Waals surface area contributed by atoms with E-state index in [1.54, 1.807) is 6.07 Å². The fourth-order valence-corrected chi connectivity index (χ4v) is 2.08. The monoisotopic (exact) mass is 238 g/mol. The molecule has 1 aromatic rings. The van der Waals surface area contributed by atoms with Crippen LogP contribution in [0.3, 0.4) is 0 Å². The second-order valence-corrected chi connectivity index (χ2v) is 4.56. The maximum atomic E-state index is 13.3. The van der Waals surface area contributed by atoms with Gasteiger partial charge in [-0.05, 0) is 24.5 Å². The first-order chi connectivity index (χ1) is 8.24. The van der Waals surface area contributed by atoms with Crippen LogP contribution in [-0.4, -0.2) is 29.2 Å². The van der Waals surface area contributed by atoms with Crippen LogP contribution >= 0.6 is 0 Å². The summed E-state index contributed by atoms with van der Waals surface area (Å²) < 4.78 is 13.3. The molecule has 3 nitrogen and oxygen atoms in total. The average molecular weight is 238 g/mol. The molecule has 0 spiro atoms. The van der Waals surface area contributed by atoms with Gasteiger partial charge in [-0.25, -0.2) is 4.39 Å². The van der Waals surface area contributed by atoms with Gasteiger partial charge in [-0.15, -0.1) is 0 Å². The van der Waals surface area contributed by atoms with Crippen LogP contribution < -0.4 is 5.73 Å². The second-order valence-electron chi connectivity index (χ2n) is 4.56. The van der Waals surface area contributed by atoms with Gasteiger partial charge in [-0.3, -0.25) is 4.90 Å². The summed E-state index contributed by atoms with van der Waals surface area (Å²) >= 11 is 0. The summed E-state index contributed by atoms with van der Waals surface area (Å²) in [5.41, 5.74) is 7.11. The fourth-order valence-electron chi connectivity index (χ4n) is 2.08. The lowest BCUT2D eigenvalue weighted by molar-refractivity contribution is 0.183. The first-order valence-corrected chi connectivity index (χ1v) is 6.07. The van der Waals surface area contributed by atoms with Crippen molar-refractivity contribution in [1.82, 2.24) is 4.90 Å². The molecule has 0 saturated heterocycles. The molecule has 0 atom stereocenters. The number of hydrogen-bond acceptors (Lipinski definition) is 3. The Morgan fingerprint density at radius 2 is 2.18 bits per heavy atom. The minimum atomic E-state index is -0.239. The van der Waals surface area contributed by atoms with Crippen LogP contribution in [0.5, 0.6) is 0 Å². The standard InChI is InChI=1S/C13H19FN2O/c14-13-4-1-10(7-11(13)8-15)9-16(5-6-17)12-2-3-12/h1,4,7,12,17H,2-3,5-6,8-9,15H2. The molecular weight excluding hydrogens is 219 g/mol. The van der Waals surface area contributed by atoms with E-state index in [0.29, 0.717) is 18.2 Å². The number of hydrogen-bond donors (Lipinski definition) is 2. The van der Waals surface area contributed by atoms with Crippen LogP contribution in [0.2, 0.25) is 0 Å². The van der Waals surface area contributed by atoms with E-state index in [2.05, 4.69) is 4.90 Å². The molecule has 0 radical (unpaired) electrons. The van der Waals surface area contributed by atoms with Crippen molar-refractivity contribution in [3.05, 3.63) is 35.1 Å². The van der Waals surface area contributed by atoms with E-state index < -0.39 is 0 Å². The van der Waals surface area contributed by atoms with Crippen LogP contribution in [-0.2, 0) is 13.1 Å². The van der Waals surface area contributed by atoms with Crippen molar-refractivity contribution in [2.75, 3.05) is 13.2 Å². The third-order valence-corrected chi connectivity index (χ3v) is 3.17. The molecule has 0 bridgehead atoms. The molecule has 1 aromatic carbocycles. The number of rotatable bonds is 6. The van der Waals surface area contributed by atoms with Gasteiger partial charge in [0.05, 0.1) is 6.61 Å². The molecular formula is C13H19FN2O. The predicted molar refractivity (Wildman–Crippen MR) is 64.8 cm³/mol. The van der Waals surface area contributed by atoms with Gasteiger partial charge in [0.2, 0.25) is 0 Å². The van der Waals surface area contributed by atoms with Crippen LogP contribution in [0.4, 0.5) is 4.39 Å². The summed E-state index contributed by atoms with van der Waals surface area (Å²) in [6, 6.07) is 5.68. The van der Waals surface area contributed by atoms with Gasteiger partial charge in [0.15, 0.2) is 0 Å².